The molecule has 0 fully saturated rings. The number of nitrogens with one attached hydrogen (secondary N) is 2. The van der Waals surface area contributed by atoms with Crippen LogP contribution in [0.25, 0.3) is 10.2 Å². The minimum absolute atomic E-state index is 0.0138. The van der Waals surface area contributed by atoms with Gasteiger partial charge in [0, 0.05) is 11.4 Å². The van der Waals surface area contributed by atoms with Gasteiger partial charge in [0.15, 0.2) is 0 Å². The Morgan fingerprint density at radius 2 is 2.00 bits per heavy atom. The number of thiophene rings is 1. The predicted octanol–water partition coefficient (Wildman–Crippen LogP) is 2.88. The molecule has 0 radical (unpaired) electrons. The van der Waals surface area contributed by atoms with Gasteiger partial charge in [-0.3, -0.25) is 4.79 Å². The minimum Gasteiger partial charge on any atom is -0.358 e. The van der Waals surface area contributed by atoms with E-state index >= 15 is 0 Å². The molecular weight excluding hydrogens is 284 g/mol. The average molecular weight is 306 g/mol. The van der Waals surface area contributed by atoms with Crippen molar-refractivity contribution in [1.82, 2.24) is 15.3 Å². The topological polar surface area (TPSA) is 66.9 Å². The normalized spacial score (nSPS) is 12.7. The maximum Gasteiger partial charge on any atom is 0.242 e. The summed E-state index contributed by atoms with van der Waals surface area (Å²) in [6.07, 6.45) is 1.54. The number of nitrogens with zero attached hydrogens (tertiary/aromatic N) is 2. The summed E-state index contributed by atoms with van der Waals surface area (Å²) < 4.78 is 0. The zero-order valence-electron chi connectivity index (χ0n) is 13.2. The molecule has 0 saturated heterocycles. The smallest absolute Gasteiger partial charge is 0.242 e. The molecule has 2 aromatic heterocycles. The molecule has 21 heavy (non-hydrogen) atoms. The zero-order chi connectivity index (χ0) is 15.6. The molecule has 114 valence electrons. The Morgan fingerprint density at radius 1 is 1.29 bits per heavy atom. The third-order valence-electron chi connectivity index (χ3n) is 3.40. The van der Waals surface area contributed by atoms with Crippen molar-refractivity contribution in [2.45, 2.75) is 40.7 Å². The Labute approximate surface area is 129 Å². The van der Waals surface area contributed by atoms with E-state index in [4.69, 9.17) is 0 Å². The van der Waals surface area contributed by atoms with Crippen molar-refractivity contribution < 1.29 is 4.79 Å². The molecule has 0 saturated carbocycles. The molecule has 5 nitrogen and oxygen atoms in total. The maximum atomic E-state index is 12.1. The van der Waals surface area contributed by atoms with Crippen LogP contribution in [0.1, 0.15) is 31.2 Å². The van der Waals surface area contributed by atoms with Gasteiger partial charge in [0.2, 0.25) is 5.91 Å². The van der Waals surface area contributed by atoms with Crippen LogP contribution >= 0.6 is 11.3 Å². The third kappa shape index (κ3) is 3.50. The third-order valence-corrected chi connectivity index (χ3v) is 4.51. The number of fused-ring (bicyclic) bond motifs is 1. The first-order valence-corrected chi connectivity index (χ1v) is 7.96. The first-order valence-electron chi connectivity index (χ1n) is 7.15. The predicted molar refractivity (Wildman–Crippen MR) is 87.8 cm³/mol. The lowest BCUT2D eigenvalue weighted by molar-refractivity contribution is -0.121. The van der Waals surface area contributed by atoms with Crippen LogP contribution in [-0.2, 0) is 4.79 Å². The van der Waals surface area contributed by atoms with Crippen molar-refractivity contribution >= 4 is 33.3 Å². The standard InChI is InChI=1S/C15H22N4OS/c1-8(2)6-16-14(20)10(4)19-13-12-9(3)11(5)21-15(12)18-7-17-13/h7-8,10H,6H2,1-5H3,(H,16,20)(H,17,18,19). The quantitative estimate of drug-likeness (QED) is 0.891. The highest BCUT2D eigenvalue weighted by Gasteiger charge is 2.17. The number of aromatic nitrogens is 2. The summed E-state index contributed by atoms with van der Waals surface area (Å²) in [5.41, 5.74) is 1.17. The largest absolute Gasteiger partial charge is 0.358 e. The van der Waals surface area contributed by atoms with Crippen LogP contribution in [0.15, 0.2) is 6.33 Å². The molecule has 0 aliphatic rings. The Balaban J connectivity index is 2.18. The lowest BCUT2D eigenvalue weighted by atomic mass is 10.2. The number of amides is 1. The highest BCUT2D eigenvalue weighted by Crippen LogP contribution is 2.32. The molecule has 0 bridgehead atoms. The first-order chi connectivity index (χ1) is 9.90. The van der Waals surface area contributed by atoms with Gasteiger partial charge in [-0.2, -0.15) is 0 Å². The molecule has 0 aromatic carbocycles. The number of anilines is 1. The minimum atomic E-state index is -0.332. The highest BCUT2D eigenvalue weighted by atomic mass is 32.1. The summed E-state index contributed by atoms with van der Waals surface area (Å²) in [4.78, 5) is 22.9. The summed E-state index contributed by atoms with van der Waals surface area (Å²) in [5, 5.41) is 7.15. The van der Waals surface area contributed by atoms with E-state index < -0.39 is 0 Å². The van der Waals surface area contributed by atoms with Gasteiger partial charge in [-0.1, -0.05) is 13.8 Å². The van der Waals surface area contributed by atoms with Crippen LogP contribution < -0.4 is 10.6 Å². The number of carbonyl (C=O) groups excluding carboxylic acids is 1. The van der Waals surface area contributed by atoms with Gasteiger partial charge in [-0.05, 0) is 32.3 Å². The second-order valence-corrected chi connectivity index (χ2v) is 6.89. The van der Waals surface area contributed by atoms with Gasteiger partial charge < -0.3 is 10.6 Å². The van der Waals surface area contributed by atoms with E-state index in [1.165, 1.54) is 10.4 Å². The number of hydrogen-bond acceptors (Lipinski definition) is 5. The molecule has 0 aliphatic heterocycles. The molecule has 1 atom stereocenters. The van der Waals surface area contributed by atoms with E-state index in [9.17, 15) is 4.79 Å². The van der Waals surface area contributed by atoms with Crippen LogP contribution in [0.4, 0.5) is 5.82 Å². The fourth-order valence-electron chi connectivity index (χ4n) is 2.02. The van der Waals surface area contributed by atoms with Gasteiger partial charge in [-0.25, -0.2) is 9.97 Å². The molecule has 2 N–H and O–H groups in total. The summed E-state index contributed by atoms with van der Waals surface area (Å²) in [6.45, 7) is 10.8. The molecule has 2 aromatic rings. The first kappa shape index (κ1) is 15.7. The number of hydrogen-bond donors (Lipinski definition) is 2. The van der Waals surface area contributed by atoms with Crippen LogP contribution in [0.3, 0.4) is 0 Å². The lowest BCUT2D eigenvalue weighted by Crippen LogP contribution is -2.39. The zero-order valence-corrected chi connectivity index (χ0v) is 14.0. The Morgan fingerprint density at radius 3 is 2.67 bits per heavy atom. The summed E-state index contributed by atoms with van der Waals surface area (Å²) in [7, 11) is 0. The molecular formula is C15H22N4OS. The number of rotatable bonds is 5. The highest BCUT2D eigenvalue weighted by molar-refractivity contribution is 7.18. The van der Waals surface area contributed by atoms with Crippen LogP contribution in [0.5, 0.6) is 0 Å². The van der Waals surface area contributed by atoms with Crippen molar-refractivity contribution in [3.05, 3.63) is 16.8 Å². The van der Waals surface area contributed by atoms with E-state index in [2.05, 4.69) is 48.3 Å². The molecule has 1 unspecified atom stereocenters. The van der Waals surface area contributed by atoms with Gasteiger partial charge in [0.1, 0.15) is 23.0 Å². The monoisotopic (exact) mass is 306 g/mol. The second-order valence-electron chi connectivity index (χ2n) is 5.69. The lowest BCUT2D eigenvalue weighted by Gasteiger charge is -2.16. The summed E-state index contributed by atoms with van der Waals surface area (Å²) in [6, 6.07) is -0.332. The van der Waals surface area contributed by atoms with E-state index in [0.29, 0.717) is 12.5 Å². The Bertz CT molecular complexity index is 650. The fraction of sp³-hybridized carbons (Fsp3) is 0.533. The average Bonchev–Trinajstić information content (AvgIpc) is 2.72. The SMILES string of the molecule is Cc1sc2ncnc(NC(C)C(=O)NCC(C)C)c2c1C. The molecule has 2 heterocycles. The molecule has 0 aliphatic carbocycles. The van der Waals surface area contributed by atoms with Gasteiger partial charge >= 0.3 is 0 Å². The molecule has 1 amide bonds. The Hall–Kier alpha value is -1.69. The van der Waals surface area contributed by atoms with Crippen LogP contribution in [-0.4, -0.2) is 28.5 Å². The molecule has 2 rings (SSSR count). The van der Waals surface area contributed by atoms with E-state index in [1.54, 1.807) is 17.7 Å². The fourth-order valence-corrected chi connectivity index (χ4v) is 3.02. The van der Waals surface area contributed by atoms with Crippen molar-refractivity contribution in [3.8, 4) is 0 Å². The van der Waals surface area contributed by atoms with Crippen molar-refractivity contribution in [2.75, 3.05) is 11.9 Å². The maximum absolute atomic E-state index is 12.1. The van der Waals surface area contributed by atoms with E-state index in [-0.39, 0.29) is 11.9 Å². The van der Waals surface area contributed by atoms with Gasteiger partial charge in [-0.15, -0.1) is 11.3 Å². The Kier molecular flexibility index (Phi) is 4.77. The number of aryl methyl sites for hydroxylation is 2. The van der Waals surface area contributed by atoms with E-state index in [1.807, 2.05) is 6.92 Å². The van der Waals surface area contributed by atoms with E-state index in [0.717, 1.165) is 16.0 Å². The molecule has 6 heteroatoms. The summed E-state index contributed by atoms with van der Waals surface area (Å²) >= 11 is 1.65. The molecule has 0 spiro atoms. The van der Waals surface area contributed by atoms with Crippen molar-refractivity contribution in [1.29, 1.82) is 0 Å². The second kappa shape index (κ2) is 6.39. The van der Waals surface area contributed by atoms with Crippen LogP contribution in [0, 0.1) is 19.8 Å². The van der Waals surface area contributed by atoms with Crippen molar-refractivity contribution in [2.24, 2.45) is 5.92 Å². The van der Waals surface area contributed by atoms with Crippen LogP contribution in [0.2, 0.25) is 0 Å². The summed E-state index contributed by atoms with van der Waals surface area (Å²) in [5.74, 6) is 1.16. The van der Waals surface area contributed by atoms with Crippen molar-refractivity contribution in [3.63, 3.8) is 0 Å². The number of carbonyl (C=O) groups is 1. The van der Waals surface area contributed by atoms with Gasteiger partial charge in [0.25, 0.3) is 0 Å². The van der Waals surface area contributed by atoms with Gasteiger partial charge in [0.05, 0.1) is 5.39 Å².